The molecule has 2 rings (SSSR count). The van der Waals surface area contributed by atoms with Crippen molar-refractivity contribution in [1.29, 1.82) is 0 Å². The molecule has 0 amide bonds. The zero-order valence-electron chi connectivity index (χ0n) is 9.63. The van der Waals surface area contributed by atoms with E-state index in [0.29, 0.717) is 6.61 Å². The lowest BCUT2D eigenvalue weighted by atomic mass is 10.0. The molecule has 0 aromatic heterocycles. The Kier molecular flexibility index (Phi) is 3.60. The fourth-order valence-electron chi connectivity index (χ4n) is 1.70. The smallest absolute Gasteiger partial charge is 0.330 e. The minimum absolute atomic E-state index is 0.222. The van der Waals surface area contributed by atoms with Gasteiger partial charge in [0.05, 0.1) is 12.9 Å². The maximum absolute atomic E-state index is 11.2. The maximum atomic E-state index is 11.2. The van der Waals surface area contributed by atoms with Gasteiger partial charge in [-0.1, -0.05) is 24.3 Å². The molecular weight excluding hydrogens is 216 g/mol. The van der Waals surface area contributed by atoms with E-state index in [4.69, 9.17) is 9.47 Å². The van der Waals surface area contributed by atoms with Crippen LogP contribution in [0.1, 0.15) is 24.2 Å². The molecule has 0 aliphatic carbocycles. The van der Waals surface area contributed by atoms with Crippen molar-refractivity contribution in [2.45, 2.75) is 13.0 Å². The van der Waals surface area contributed by atoms with E-state index in [0.717, 1.165) is 11.1 Å². The van der Waals surface area contributed by atoms with E-state index < -0.39 is 0 Å². The summed E-state index contributed by atoms with van der Waals surface area (Å²) in [5.74, 6) is -0.344. The van der Waals surface area contributed by atoms with Crippen molar-refractivity contribution in [3.63, 3.8) is 0 Å². The van der Waals surface area contributed by atoms with Gasteiger partial charge in [0.2, 0.25) is 0 Å². The molecule has 1 unspecified atom stereocenters. The summed E-state index contributed by atoms with van der Waals surface area (Å²) in [6.45, 7) is 2.16. The van der Waals surface area contributed by atoms with Crippen LogP contribution in [-0.2, 0) is 14.3 Å². The van der Waals surface area contributed by atoms with Crippen LogP contribution < -0.4 is 0 Å². The molecule has 1 atom stereocenters. The quantitative estimate of drug-likeness (QED) is 0.591. The monoisotopic (exact) mass is 230 g/mol. The summed E-state index contributed by atoms with van der Waals surface area (Å²) < 4.78 is 10.3. The zero-order chi connectivity index (χ0) is 12.1. The molecule has 0 radical (unpaired) electrons. The molecule has 17 heavy (non-hydrogen) atoms. The lowest BCUT2D eigenvalue weighted by Crippen LogP contribution is -2.05. The summed E-state index contributed by atoms with van der Waals surface area (Å²) in [5.41, 5.74) is 2.16. The van der Waals surface area contributed by atoms with Gasteiger partial charge in [-0.2, -0.15) is 0 Å². The fourth-order valence-corrected chi connectivity index (χ4v) is 1.70. The minimum Gasteiger partial charge on any atom is -0.489 e. The van der Waals surface area contributed by atoms with Crippen molar-refractivity contribution in [1.82, 2.24) is 0 Å². The largest absolute Gasteiger partial charge is 0.489 e. The number of carbonyl (C=O) groups excluding carboxylic acids is 1. The zero-order valence-corrected chi connectivity index (χ0v) is 9.63. The SMILES string of the molecule is CCOC(=O)/C=C/C1OC=Cc2ccccc21. The van der Waals surface area contributed by atoms with Gasteiger partial charge in [-0.3, -0.25) is 0 Å². The average Bonchev–Trinajstić information content (AvgIpc) is 2.36. The third kappa shape index (κ3) is 2.75. The van der Waals surface area contributed by atoms with Crippen molar-refractivity contribution >= 4 is 12.0 Å². The Morgan fingerprint density at radius 1 is 1.47 bits per heavy atom. The highest BCUT2D eigenvalue weighted by Gasteiger charge is 2.14. The Hall–Kier alpha value is -2.03. The van der Waals surface area contributed by atoms with Crippen LogP contribution in [0.2, 0.25) is 0 Å². The molecule has 1 heterocycles. The normalized spacial score (nSPS) is 17.6. The molecule has 0 N–H and O–H groups in total. The first-order valence-electron chi connectivity index (χ1n) is 5.57. The summed E-state index contributed by atoms with van der Waals surface area (Å²) >= 11 is 0. The second-order valence-electron chi connectivity index (χ2n) is 3.60. The Morgan fingerprint density at radius 3 is 3.12 bits per heavy atom. The van der Waals surface area contributed by atoms with Crippen molar-refractivity contribution in [2.75, 3.05) is 6.61 Å². The molecule has 1 aliphatic rings. The molecule has 1 aliphatic heterocycles. The Labute approximate surface area is 100 Å². The Balaban J connectivity index is 2.13. The van der Waals surface area contributed by atoms with Crippen LogP contribution in [0.4, 0.5) is 0 Å². The third-order valence-corrected chi connectivity index (χ3v) is 2.47. The predicted octanol–water partition coefficient (Wildman–Crippen LogP) is 2.85. The molecule has 0 saturated carbocycles. The van der Waals surface area contributed by atoms with Gasteiger partial charge in [0.25, 0.3) is 0 Å². The first-order chi connectivity index (χ1) is 8.31. The van der Waals surface area contributed by atoms with Gasteiger partial charge in [0, 0.05) is 11.6 Å². The number of benzene rings is 1. The summed E-state index contributed by atoms with van der Waals surface area (Å²) in [6, 6.07) is 7.92. The van der Waals surface area contributed by atoms with Crippen LogP contribution in [0, 0.1) is 0 Å². The molecule has 0 spiro atoms. The molecule has 88 valence electrons. The van der Waals surface area contributed by atoms with E-state index in [9.17, 15) is 4.79 Å². The summed E-state index contributed by atoms with van der Waals surface area (Å²) in [4.78, 5) is 11.2. The van der Waals surface area contributed by atoms with Crippen molar-refractivity contribution in [3.8, 4) is 0 Å². The van der Waals surface area contributed by atoms with Gasteiger partial charge in [-0.05, 0) is 24.6 Å². The van der Waals surface area contributed by atoms with E-state index >= 15 is 0 Å². The standard InChI is InChI=1S/C14H14O3/c1-2-16-14(15)8-7-13-12-6-4-3-5-11(12)9-10-17-13/h3-10,13H,2H2,1H3/b8-7+. The predicted molar refractivity (Wildman–Crippen MR) is 65.1 cm³/mol. The van der Waals surface area contributed by atoms with E-state index in [2.05, 4.69) is 0 Å². The van der Waals surface area contributed by atoms with E-state index in [-0.39, 0.29) is 12.1 Å². The second-order valence-corrected chi connectivity index (χ2v) is 3.60. The number of hydrogen-bond acceptors (Lipinski definition) is 3. The second kappa shape index (κ2) is 5.34. The molecule has 0 saturated heterocycles. The van der Waals surface area contributed by atoms with Gasteiger partial charge in [0.15, 0.2) is 0 Å². The number of hydrogen-bond donors (Lipinski definition) is 0. The summed E-state index contributed by atoms with van der Waals surface area (Å²) in [7, 11) is 0. The van der Waals surface area contributed by atoms with Gasteiger partial charge in [-0.15, -0.1) is 0 Å². The van der Waals surface area contributed by atoms with Gasteiger partial charge in [0.1, 0.15) is 6.10 Å². The highest BCUT2D eigenvalue weighted by molar-refractivity contribution is 5.82. The van der Waals surface area contributed by atoms with Crippen LogP contribution in [0.25, 0.3) is 6.08 Å². The van der Waals surface area contributed by atoms with Crippen molar-refractivity contribution in [2.24, 2.45) is 0 Å². The lowest BCUT2D eigenvalue weighted by molar-refractivity contribution is -0.137. The third-order valence-electron chi connectivity index (χ3n) is 2.47. The Morgan fingerprint density at radius 2 is 2.29 bits per heavy atom. The number of carbonyl (C=O) groups is 1. The molecule has 0 fully saturated rings. The fraction of sp³-hybridized carbons (Fsp3) is 0.214. The van der Waals surface area contributed by atoms with E-state index in [1.807, 2.05) is 30.3 Å². The first kappa shape index (κ1) is 11.5. The Bertz CT molecular complexity index is 460. The first-order valence-corrected chi connectivity index (χ1v) is 5.57. The molecule has 0 bridgehead atoms. The molecule has 3 heteroatoms. The van der Waals surface area contributed by atoms with Crippen LogP contribution in [0.3, 0.4) is 0 Å². The van der Waals surface area contributed by atoms with E-state index in [1.165, 1.54) is 6.08 Å². The number of esters is 1. The maximum Gasteiger partial charge on any atom is 0.330 e. The molecule has 1 aromatic carbocycles. The summed E-state index contributed by atoms with van der Waals surface area (Å²) in [6.07, 6.45) is 6.44. The topological polar surface area (TPSA) is 35.5 Å². The van der Waals surface area contributed by atoms with Gasteiger partial charge < -0.3 is 9.47 Å². The van der Waals surface area contributed by atoms with E-state index in [1.54, 1.807) is 19.3 Å². The van der Waals surface area contributed by atoms with Crippen LogP contribution >= 0.6 is 0 Å². The van der Waals surface area contributed by atoms with Crippen LogP contribution in [0.15, 0.2) is 42.7 Å². The molecular formula is C14H14O3. The highest BCUT2D eigenvalue weighted by Crippen LogP contribution is 2.28. The van der Waals surface area contributed by atoms with Gasteiger partial charge >= 0.3 is 5.97 Å². The highest BCUT2D eigenvalue weighted by atomic mass is 16.5. The van der Waals surface area contributed by atoms with Crippen molar-refractivity contribution in [3.05, 3.63) is 53.8 Å². The van der Waals surface area contributed by atoms with Crippen LogP contribution in [0.5, 0.6) is 0 Å². The molecule has 3 nitrogen and oxygen atoms in total. The van der Waals surface area contributed by atoms with Gasteiger partial charge in [-0.25, -0.2) is 4.79 Å². The number of rotatable bonds is 3. The lowest BCUT2D eigenvalue weighted by Gasteiger charge is -2.19. The number of ether oxygens (including phenoxy) is 2. The summed E-state index contributed by atoms with van der Waals surface area (Å²) in [5, 5.41) is 0. The van der Waals surface area contributed by atoms with Crippen molar-refractivity contribution < 1.29 is 14.3 Å². The van der Waals surface area contributed by atoms with Crippen LogP contribution in [-0.4, -0.2) is 12.6 Å². The molecule has 1 aromatic rings. The minimum atomic E-state index is -0.344. The average molecular weight is 230 g/mol. The number of fused-ring (bicyclic) bond motifs is 1.